The summed E-state index contributed by atoms with van der Waals surface area (Å²) in [5.41, 5.74) is 2.26. The average Bonchev–Trinajstić information content (AvgIpc) is 2.71. The fraction of sp³-hybridized carbons (Fsp3) is 0.0909. The van der Waals surface area contributed by atoms with E-state index in [1.54, 1.807) is 18.2 Å². The van der Waals surface area contributed by atoms with Crippen LogP contribution in [0.3, 0.4) is 0 Å². The largest absolute Gasteiger partial charge is 0.489 e. The van der Waals surface area contributed by atoms with Gasteiger partial charge in [0.25, 0.3) is 0 Å². The number of carbonyl (C=O) groups is 2. The van der Waals surface area contributed by atoms with E-state index >= 15 is 0 Å². The number of benzene rings is 3. The third kappa shape index (κ3) is 5.80. The molecule has 0 heterocycles. The van der Waals surface area contributed by atoms with Crippen molar-refractivity contribution in [1.29, 1.82) is 0 Å². The lowest BCUT2D eigenvalue weighted by Crippen LogP contribution is -2.03. The van der Waals surface area contributed by atoms with Crippen LogP contribution in [-0.4, -0.2) is 17.5 Å². The van der Waals surface area contributed by atoms with Crippen LogP contribution in [0.4, 0.5) is 0 Å². The lowest BCUT2D eigenvalue weighted by atomic mass is 10.1. The zero-order chi connectivity index (χ0) is 18.2. The number of aldehydes is 1. The average molecular weight is 364 g/mol. The molecule has 0 saturated heterocycles. The molecular formula is C22H20O5. The number of hydrogen-bond donors (Lipinski definition) is 0. The molecule has 0 aliphatic carbocycles. The van der Waals surface area contributed by atoms with E-state index in [9.17, 15) is 9.59 Å². The van der Waals surface area contributed by atoms with Crippen molar-refractivity contribution < 1.29 is 24.5 Å². The Morgan fingerprint density at radius 2 is 1.19 bits per heavy atom. The zero-order valence-corrected chi connectivity index (χ0v) is 14.6. The van der Waals surface area contributed by atoms with Gasteiger partial charge in [-0.3, -0.25) is 9.59 Å². The van der Waals surface area contributed by atoms with E-state index in [4.69, 9.17) is 9.47 Å². The van der Waals surface area contributed by atoms with Gasteiger partial charge in [0, 0.05) is 11.6 Å². The molecule has 5 heteroatoms. The maximum Gasteiger partial charge on any atom is 0.225 e. The highest BCUT2D eigenvalue weighted by molar-refractivity contribution is 6.33. The molecule has 3 aromatic carbocycles. The van der Waals surface area contributed by atoms with Crippen LogP contribution >= 0.6 is 0 Å². The quantitative estimate of drug-likeness (QED) is 0.348. The van der Waals surface area contributed by atoms with Gasteiger partial charge in [-0.15, -0.1) is 0 Å². The highest BCUT2D eigenvalue weighted by atomic mass is 16.5. The van der Waals surface area contributed by atoms with Crippen LogP contribution < -0.4 is 9.47 Å². The number of rotatable bonds is 8. The molecule has 27 heavy (non-hydrogen) atoms. The van der Waals surface area contributed by atoms with Crippen molar-refractivity contribution in [3.63, 3.8) is 0 Å². The second-order valence-electron chi connectivity index (χ2n) is 5.72. The van der Waals surface area contributed by atoms with Gasteiger partial charge in [0.05, 0.1) is 0 Å². The van der Waals surface area contributed by atoms with Gasteiger partial charge >= 0.3 is 0 Å². The molecule has 0 aliphatic heterocycles. The van der Waals surface area contributed by atoms with Crippen molar-refractivity contribution in [2.45, 2.75) is 13.2 Å². The van der Waals surface area contributed by atoms with Gasteiger partial charge in [-0.05, 0) is 23.3 Å². The summed E-state index contributed by atoms with van der Waals surface area (Å²) in [5, 5.41) is 0. The van der Waals surface area contributed by atoms with E-state index in [0.29, 0.717) is 24.7 Å². The number of hydrogen-bond acceptors (Lipinski definition) is 4. The van der Waals surface area contributed by atoms with Gasteiger partial charge < -0.3 is 14.9 Å². The molecule has 3 rings (SSSR count). The van der Waals surface area contributed by atoms with Gasteiger partial charge in [-0.2, -0.15) is 0 Å². The summed E-state index contributed by atoms with van der Waals surface area (Å²) in [5.74, 6) is 0.342. The smallest absolute Gasteiger partial charge is 0.225 e. The van der Waals surface area contributed by atoms with Crippen LogP contribution in [0.2, 0.25) is 0 Å². The Morgan fingerprint density at radius 3 is 1.59 bits per heavy atom. The fourth-order valence-electron chi connectivity index (χ4n) is 2.43. The van der Waals surface area contributed by atoms with Gasteiger partial charge in [0.1, 0.15) is 24.7 Å². The first-order chi connectivity index (χ1) is 12.7. The van der Waals surface area contributed by atoms with Crippen molar-refractivity contribution >= 4 is 12.1 Å². The van der Waals surface area contributed by atoms with Gasteiger partial charge in [0.15, 0.2) is 6.29 Å². The highest BCUT2D eigenvalue weighted by Crippen LogP contribution is 2.25. The zero-order valence-electron chi connectivity index (χ0n) is 14.6. The molecule has 2 N–H and O–H groups in total. The van der Waals surface area contributed by atoms with Crippen molar-refractivity contribution in [1.82, 2.24) is 0 Å². The normalized spacial score (nSPS) is 9.78. The predicted molar refractivity (Wildman–Crippen MR) is 102 cm³/mol. The molecule has 0 unspecified atom stereocenters. The second-order valence-corrected chi connectivity index (χ2v) is 5.72. The summed E-state index contributed by atoms with van der Waals surface area (Å²) in [7, 11) is 0. The Bertz CT molecular complexity index is 814. The monoisotopic (exact) mass is 364 g/mol. The third-order valence-electron chi connectivity index (χ3n) is 3.77. The lowest BCUT2D eigenvalue weighted by molar-refractivity contribution is -0.104. The number of ether oxygens (including phenoxy) is 2. The van der Waals surface area contributed by atoms with Gasteiger partial charge in [-0.1, -0.05) is 60.7 Å². The summed E-state index contributed by atoms with van der Waals surface area (Å²) in [6.07, 6.45) is 0.289. The molecule has 3 aromatic rings. The Kier molecular flexibility index (Phi) is 7.28. The molecule has 0 spiro atoms. The van der Waals surface area contributed by atoms with Crippen molar-refractivity contribution in [2.75, 3.05) is 0 Å². The molecule has 0 aliphatic rings. The van der Waals surface area contributed by atoms with Crippen molar-refractivity contribution in [2.24, 2.45) is 0 Å². The molecule has 0 atom stereocenters. The lowest BCUT2D eigenvalue weighted by Gasteiger charge is -2.11. The topological polar surface area (TPSA) is 84.1 Å². The second kappa shape index (κ2) is 9.89. The summed E-state index contributed by atoms with van der Waals surface area (Å²) >= 11 is 0. The molecule has 0 aromatic heterocycles. The Morgan fingerprint density at radius 1 is 0.741 bits per heavy atom. The fourth-order valence-corrected chi connectivity index (χ4v) is 2.43. The van der Waals surface area contributed by atoms with Gasteiger partial charge in [-0.25, -0.2) is 0 Å². The number of carbonyl (C=O) groups excluding carboxylic acids is 2. The van der Waals surface area contributed by atoms with Crippen molar-refractivity contribution in [3.8, 4) is 11.5 Å². The molecule has 0 saturated carbocycles. The van der Waals surface area contributed by atoms with E-state index in [-0.39, 0.29) is 17.3 Å². The molecule has 0 fully saturated rings. The summed E-state index contributed by atoms with van der Waals surface area (Å²) in [6, 6.07) is 24.2. The van der Waals surface area contributed by atoms with E-state index in [2.05, 4.69) is 0 Å². The first kappa shape index (κ1) is 19.9. The maximum absolute atomic E-state index is 11.8. The minimum atomic E-state index is -0.611. The number of ketones is 1. The SMILES string of the molecule is O.O=CC(=O)c1cc(OCc2ccccc2)cc(OCc2ccccc2)c1. The highest BCUT2D eigenvalue weighted by Gasteiger charge is 2.10. The minimum Gasteiger partial charge on any atom is -0.489 e. The maximum atomic E-state index is 11.8. The summed E-state index contributed by atoms with van der Waals surface area (Å²) < 4.78 is 11.5. The molecule has 0 radical (unpaired) electrons. The first-order valence-electron chi connectivity index (χ1n) is 8.22. The molecule has 5 nitrogen and oxygen atoms in total. The van der Waals surface area contributed by atoms with Crippen LogP contribution in [0.15, 0.2) is 78.9 Å². The van der Waals surface area contributed by atoms with Crippen LogP contribution in [0.1, 0.15) is 21.5 Å². The van der Waals surface area contributed by atoms with E-state index in [1.165, 1.54) is 0 Å². The molecule has 138 valence electrons. The van der Waals surface area contributed by atoms with Crippen LogP contribution in [0.25, 0.3) is 0 Å². The third-order valence-corrected chi connectivity index (χ3v) is 3.77. The van der Waals surface area contributed by atoms with Gasteiger partial charge in [0.2, 0.25) is 5.78 Å². The Labute approximate surface area is 157 Å². The molecule has 0 bridgehead atoms. The predicted octanol–water partition coefficient (Wildman–Crippen LogP) is 3.40. The van der Waals surface area contributed by atoms with E-state index < -0.39 is 5.78 Å². The van der Waals surface area contributed by atoms with Crippen molar-refractivity contribution in [3.05, 3.63) is 95.6 Å². The summed E-state index contributed by atoms with van der Waals surface area (Å²) in [4.78, 5) is 22.6. The number of Topliss-reactive ketones (excluding diaryl/α,β-unsaturated/α-hetero) is 1. The molecule has 0 amide bonds. The first-order valence-corrected chi connectivity index (χ1v) is 8.22. The Balaban J connectivity index is 0.00000261. The van der Waals surface area contributed by atoms with Crippen LogP contribution in [0, 0.1) is 0 Å². The summed E-state index contributed by atoms with van der Waals surface area (Å²) in [6.45, 7) is 0.718. The standard InChI is InChI=1S/C22H18O4.H2O/c23-14-22(24)19-11-20(25-15-17-7-3-1-4-8-17)13-21(12-19)26-16-18-9-5-2-6-10-18;/h1-14H,15-16H2;1H2. The molecular weight excluding hydrogens is 344 g/mol. The van der Waals surface area contributed by atoms with E-state index in [1.807, 2.05) is 60.7 Å². The minimum absolute atomic E-state index is 0. The van der Waals surface area contributed by atoms with Crippen LogP contribution in [-0.2, 0) is 18.0 Å². The van der Waals surface area contributed by atoms with E-state index in [0.717, 1.165) is 11.1 Å². The Hall–Kier alpha value is -3.44. The van der Waals surface area contributed by atoms with Crippen LogP contribution in [0.5, 0.6) is 11.5 Å².